The Morgan fingerprint density at radius 1 is 0.0714 bits per heavy atom. The van der Waals surface area contributed by atoms with Crippen molar-refractivity contribution in [3.8, 4) is 167 Å². The van der Waals surface area contributed by atoms with E-state index in [2.05, 4.69) is 570 Å². The lowest BCUT2D eigenvalue weighted by Gasteiger charge is -2.22. The third-order valence-corrected chi connectivity index (χ3v) is 28.0. The maximum atomic E-state index is 2.40. The number of benzene rings is 26. The van der Waals surface area contributed by atoms with Gasteiger partial charge in [-0.25, -0.2) is 0 Å². The Balaban J connectivity index is 0.000000114. The summed E-state index contributed by atoms with van der Waals surface area (Å²) in [6.07, 6.45) is 0. The van der Waals surface area contributed by atoms with Crippen molar-refractivity contribution in [3.63, 3.8) is 0 Å². The molecule has 654 valence electrons. The van der Waals surface area contributed by atoms with E-state index in [9.17, 15) is 0 Å². The second kappa shape index (κ2) is 37.9. The SMILES string of the molecule is c1ccc(-c2ccc(-c3c4ccccc4c(-c4cc(-c5ccccc5)cc(-c5ccccc5)c4)c4ccccc34)cc2)cc1.c1ccc(-c2ccc(-c3c4ccccc4c(-c4ccc(-c5cccc6ccccc56)cc4-c4ccccc4)c4ccccc34)cc2)cc1.c1ccc(-c2ccc(-c3c4ccccc4c(-c4cccc(-c5cccc6ccccc56)c4-c4ccccc4)c4ccccc34)cc2)cc1. The minimum atomic E-state index is 1.21. The van der Waals surface area contributed by atoms with Crippen LogP contribution in [0.5, 0.6) is 0 Å². The van der Waals surface area contributed by atoms with Crippen LogP contribution in [0.3, 0.4) is 0 Å². The highest BCUT2D eigenvalue weighted by atomic mass is 14.3. The Morgan fingerprint density at radius 2 is 0.279 bits per heavy atom. The third-order valence-electron chi connectivity index (χ3n) is 28.0. The van der Waals surface area contributed by atoms with Crippen LogP contribution >= 0.6 is 0 Å². The molecule has 26 rings (SSSR count). The first-order valence-electron chi connectivity index (χ1n) is 48.4. The van der Waals surface area contributed by atoms with Crippen molar-refractivity contribution in [2.24, 2.45) is 0 Å². The van der Waals surface area contributed by atoms with Crippen LogP contribution in [0.15, 0.2) is 570 Å². The zero-order valence-electron chi connectivity index (χ0n) is 77.3. The molecule has 140 heavy (non-hydrogen) atoms. The van der Waals surface area contributed by atoms with Crippen molar-refractivity contribution >= 4 is 86.2 Å². The molecule has 26 aromatic carbocycles. The van der Waals surface area contributed by atoms with Gasteiger partial charge in [-0.2, -0.15) is 0 Å². The average Bonchev–Trinajstić information content (AvgIpc) is 0.729. The number of hydrogen-bond donors (Lipinski definition) is 0. The predicted molar refractivity (Wildman–Crippen MR) is 601 cm³/mol. The second-order valence-electron chi connectivity index (χ2n) is 36.2. The minimum Gasteiger partial charge on any atom is -0.0622 e. The topological polar surface area (TPSA) is 0 Å². The summed E-state index contributed by atoms with van der Waals surface area (Å²) in [5, 5.41) is 20.1. The fraction of sp³-hybridized carbons (Fsp3) is 0. The molecule has 0 heterocycles. The molecule has 0 amide bonds. The minimum absolute atomic E-state index is 1.21. The summed E-state index contributed by atoms with van der Waals surface area (Å²) in [6, 6.07) is 207. The summed E-state index contributed by atoms with van der Waals surface area (Å²) in [7, 11) is 0. The molecular weight excluding hydrogens is 1680 g/mol. The Hall–Kier alpha value is -18.2. The van der Waals surface area contributed by atoms with Crippen molar-refractivity contribution in [1.82, 2.24) is 0 Å². The van der Waals surface area contributed by atoms with Crippen LogP contribution in [0.4, 0.5) is 0 Å². The van der Waals surface area contributed by atoms with Gasteiger partial charge < -0.3 is 0 Å². The monoisotopic (exact) mass is 1770 g/mol. The number of hydrogen-bond acceptors (Lipinski definition) is 0. The molecule has 0 heteroatoms. The highest BCUT2D eigenvalue weighted by molar-refractivity contribution is 6.26. The lowest BCUT2D eigenvalue weighted by Crippen LogP contribution is -1.95. The van der Waals surface area contributed by atoms with Crippen LogP contribution in [-0.4, -0.2) is 0 Å². The highest BCUT2D eigenvalue weighted by Gasteiger charge is 2.26. The molecule has 0 atom stereocenters. The van der Waals surface area contributed by atoms with E-state index in [-0.39, 0.29) is 0 Å². The van der Waals surface area contributed by atoms with Crippen LogP contribution in [-0.2, 0) is 0 Å². The van der Waals surface area contributed by atoms with Crippen molar-refractivity contribution < 1.29 is 0 Å². The lowest BCUT2D eigenvalue weighted by atomic mass is 9.81. The molecule has 0 N–H and O–H groups in total. The molecule has 0 radical (unpaired) electrons. The molecule has 0 bridgehead atoms. The summed E-state index contributed by atoms with van der Waals surface area (Å²) >= 11 is 0. The summed E-state index contributed by atoms with van der Waals surface area (Å²) in [6.45, 7) is 0. The molecule has 0 aliphatic carbocycles. The highest BCUT2D eigenvalue weighted by Crippen LogP contribution is 2.53. The molecule has 0 saturated carbocycles. The van der Waals surface area contributed by atoms with Gasteiger partial charge in [0.2, 0.25) is 0 Å². The van der Waals surface area contributed by atoms with E-state index in [1.54, 1.807) is 0 Å². The molecule has 0 unspecified atom stereocenters. The standard InChI is InChI=1S/2C48H32.C44H30/c1-3-15-33(16-4-1)34-29-31-37(32-30-34)46-41-22-9-11-24-43(41)48(44-25-12-10-23-42(44)46)45-28-14-27-40(47(45)36-18-5-2-6-19-36)39-26-13-20-35-17-7-8-21-38(35)39;1-3-14-33(15-4-1)34-26-28-37(29-27-34)47-41-21-9-11-23-43(41)48(44-24-12-10-22-42(44)47)45-31-30-38(32-46(45)36-16-5-2-6-17-36)40-25-13-19-35-18-7-8-20-39(35)40;1-4-14-31(15-5-1)34-24-26-35(27-25-34)43-39-20-10-12-22-41(39)44(42-23-13-11-21-40(42)43)38-29-36(32-16-6-2-7-17-32)28-37(30-38)33-18-8-3-9-19-33/h2*1-32H;1-30H. The molecule has 26 aromatic rings. The fourth-order valence-electron chi connectivity index (χ4n) is 21.6. The van der Waals surface area contributed by atoms with Gasteiger partial charge in [0.25, 0.3) is 0 Å². The third kappa shape index (κ3) is 16.2. The Kier molecular flexibility index (Phi) is 23.0. The maximum absolute atomic E-state index is 2.40. The van der Waals surface area contributed by atoms with Crippen LogP contribution < -0.4 is 0 Å². The molecule has 0 aromatic heterocycles. The lowest BCUT2D eigenvalue weighted by molar-refractivity contribution is 1.58. The molecule has 0 fully saturated rings. The maximum Gasteiger partial charge on any atom is -0.00199 e. The van der Waals surface area contributed by atoms with E-state index in [4.69, 9.17) is 0 Å². The van der Waals surface area contributed by atoms with Crippen LogP contribution in [0.25, 0.3) is 253 Å². The van der Waals surface area contributed by atoms with Crippen LogP contribution in [0, 0.1) is 0 Å². The fourth-order valence-corrected chi connectivity index (χ4v) is 21.6. The van der Waals surface area contributed by atoms with Gasteiger partial charge in [-0.1, -0.05) is 546 Å². The van der Waals surface area contributed by atoms with E-state index in [1.165, 1.54) is 253 Å². The van der Waals surface area contributed by atoms with E-state index in [0.717, 1.165) is 0 Å². The quantitative estimate of drug-likeness (QED) is 0.0898. The van der Waals surface area contributed by atoms with Gasteiger partial charge in [-0.05, 0) is 277 Å². The van der Waals surface area contributed by atoms with Crippen LogP contribution in [0.1, 0.15) is 0 Å². The van der Waals surface area contributed by atoms with Gasteiger partial charge in [-0.15, -0.1) is 0 Å². The van der Waals surface area contributed by atoms with Crippen molar-refractivity contribution in [2.75, 3.05) is 0 Å². The van der Waals surface area contributed by atoms with Crippen molar-refractivity contribution in [2.45, 2.75) is 0 Å². The Morgan fingerprint density at radius 3 is 0.629 bits per heavy atom. The average molecular weight is 1780 g/mol. The first-order chi connectivity index (χ1) is 69.5. The first-order valence-corrected chi connectivity index (χ1v) is 48.4. The van der Waals surface area contributed by atoms with Gasteiger partial charge in [0.1, 0.15) is 0 Å². The Bertz CT molecular complexity index is 8830. The van der Waals surface area contributed by atoms with E-state index >= 15 is 0 Å². The number of fused-ring (bicyclic) bond motifs is 8. The summed E-state index contributed by atoms with van der Waals surface area (Å²) in [4.78, 5) is 0. The Labute approximate surface area is 817 Å². The molecular formula is C140H94. The van der Waals surface area contributed by atoms with Crippen molar-refractivity contribution in [1.29, 1.82) is 0 Å². The van der Waals surface area contributed by atoms with Gasteiger partial charge in [0, 0.05) is 0 Å². The zero-order valence-corrected chi connectivity index (χ0v) is 77.3. The van der Waals surface area contributed by atoms with Crippen molar-refractivity contribution in [3.05, 3.63) is 570 Å². The molecule has 0 nitrogen and oxygen atoms in total. The smallest absolute Gasteiger partial charge is 0.00199 e. The normalized spacial score (nSPS) is 11.3. The van der Waals surface area contributed by atoms with Gasteiger partial charge in [0.05, 0.1) is 0 Å². The van der Waals surface area contributed by atoms with E-state index in [0.29, 0.717) is 0 Å². The zero-order chi connectivity index (χ0) is 93.0. The summed E-state index contributed by atoms with van der Waals surface area (Å²) < 4.78 is 0. The summed E-state index contributed by atoms with van der Waals surface area (Å²) in [5.74, 6) is 0. The van der Waals surface area contributed by atoms with E-state index in [1.807, 2.05) is 0 Å². The van der Waals surface area contributed by atoms with E-state index < -0.39 is 0 Å². The van der Waals surface area contributed by atoms with Crippen LogP contribution in [0.2, 0.25) is 0 Å². The molecule has 0 aliphatic rings. The molecule has 0 aliphatic heterocycles. The molecule has 0 saturated heterocycles. The van der Waals surface area contributed by atoms with Gasteiger partial charge >= 0.3 is 0 Å². The first kappa shape index (κ1) is 84.8. The van der Waals surface area contributed by atoms with Gasteiger partial charge in [0.15, 0.2) is 0 Å². The van der Waals surface area contributed by atoms with Gasteiger partial charge in [-0.3, -0.25) is 0 Å². The largest absolute Gasteiger partial charge is 0.0622 e. The summed E-state index contributed by atoms with van der Waals surface area (Å²) in [5.41, 5.74) is 37.1. The second-order valence-corrected chi connectivity index (χ2v) is 36.2. The molecule has 0 spiro atoms. The predicted octanol–water partition coefficient (Wildman–Crippen LogP) is 39.3. The number of rotatable bonds is 15.